The highest BCUT2D eigenvalue weighted by Gasteiger charge is 2.79. The number of aliphatic hydroxyl groups excluding tert-OH is 1. The topological polar surface area (TPSA) is 119 Å². The molecule has 1 N–H and O–H groups in total. The average molecular weight is 523 g/mol. The summed E-state index contributed by atoms with van der Waals surface area (Å²) in [5.41, 5.74) is -4.52. The van der Waals surface area contributed by atoms with Crippen molar-refractivity contribution in [1.29, 1.82) is 5.26 Å². The first kappa shape index (κ1) is 25.4. The molecule has 0 radical (unpaired) electrons. The van der Waals surface area contributed by atoms with Gasteiger partial charge in [0.05, 0.1) is 37.4 Å². The van der Waals surface area contributed by atoms with Gasteiger partial charge in [0, 0.05) is 29.1 Å². The summed E-state index contributed by atoms with van der Waals surface area (Å²) < 4.78 is 35.9. The van der Waals surface area contributed by atoms with Crippen LogP contribution < -0.4 is 4.74 Å². The second kappa shape index (κ2) is 8.28. The van der Waals surface area contributed by atoms with Crippen LogP contribution >= 0.6 is 0 Å². The minimum absolute atomic E-state index is 0.0523. The van der Waals surface area contributed by atoms with E-state index in [9.17, 15) is 20.0 Å². The Labute approximate surface area is 220 Å². The molecular formula is C29H31FN2O6. The highest BCUT2D eigenvalue weighted by Crippen LogP contribution is 2.72. The van der Waals surface area contributed by atoms with Gasteiger partial charge in [-0.2, -0.15) is 5.26 Å². The minimum Gasteiger partial charge on any atom is -0.496 e. The van der Waals surface area contributed by atoms with Crippen molar-refractivity contribution in [2.45, 2.75) is 75.7 Å². The molecule has 8 nitrogen and oxygen atoms in total. The summed E-state index contributed by atoms with van der Waals surface area (Å²) in [5.74, 6) is -1.08. The molecule has 1 unspecified atom stereocenters. The second-order valence-corrected chi connectivity index (χ2v) is 11.7. The van der Waals surface area contributed by atoms with E-state index >= 15 is 4.39 Å². The van der Waals surface area contributed by atoms with E-state index in [2.05, 4.69) is 4.98 Å². The number of hydrogen-bond acceptors (Lipinski definition) is 8. The summed E-state index contributed by atoms with van der Waals surface area (Å²) >= 11 is 0. The number of alkyl halides is 1. The molecule has 0 spiro atoms. The number of methoxy groups -OCH3 is 1. The fraction of sp³-hybridized carbons (Fsp3) is 0.586. The molecule has 1 aromatic rings. The monoisotopic (exact) mass is 522 g/mol. The maximum absolute atomic E-state index is 17.5. The zero-order valence-corrected chi connectivity index (χ0v) is 21.6. The minimum atomic E-state index is -2.04. The zero-order valence-electron chi connectivity index (χ0n) is 21.6. The molecular weight excluding hydrogens is 491 g/mol. The lowest BCUT2D eigenvalue weighted by Crippen LogP contribution is -2.69. The first-order chi connectivity index (χ1) is 18.1. The Bertz CT molecular complexity index is 1320. The Morgan fingerprint density at radius 1 is 1.37 bits per heavy atom. The van der Waals surface area contributed by atoms with E-state index in [0.29, 0.717) is 36.1 Å². The number of rotatable bonds is 4. The largest absolute Gasteiger partial charge is 0.496 e. The van der Waals surface area contributed by atoms with Gasteiger partial charge in [-0.05, 0) is 56.7 Å². The van der Waals surface area contributed by atoms with Gasteiger partial charge < -0.3 is 19.3 Å². The van der Waals surface area contributed by atoms with Crippen LogP contribution in [0.4, 0.5) is 4.39 Å². The van der Waals surface area contributed by atoms with Crippen LogP contribution in [0.25, 0.3) is 0 Å². The SMILES string of the molecule is COc1ccncc1C1O[C@@H]2C[C@H]3[C@@H]4CCC5=CC(=O)C=C[C@]5(C)[C@@]4(F)[C@@H](O)C[C@]3(C)[C@]2(C(=O)CC#N)O1. The Balaban J connectivity index is 1.44. The van der Waals surface area contributed by atoms with E-state index in [4.69, 9.17) is 14.2 Å². The predicted molar refractivity (Wildman–Crippen MR) is 131 cm³/mol. The van der Waals surface area contributed by atoms with Crippen LogP contribution in [-0.4, -0.2) is 52.2 Å². The molecule has 2 heterocycles. The number of ether oxygens (including phenoxy) is 3. The van der Waals surface area contributed by atoms with Crippen molar-refractivity contribution in [2.75, 3.05) is 7.11 Å². The van der Waals surface area contributed by atoms with Crippen LogP contribution in [0.1, 0.15) is 57.8 Å². The molecule has 5 aliphatic rings. The van der Waals surface area contributed by atoms with Crippen molar-refractivity contribution >= 4 is 11.6 Å². The molecule has 0 aromatic carbocycles. The molecule has 200 valence electrons. The molecule has 3 saturated carbocycles. The van der Waals surface area contributed by atoms with E-state index in [1.54, 1.807) is 31.5 Å². The number of carbonyl (C=O) groups excluding carboxylic acids is 2. The van der Waals surface area contributed by atoms with Crippen molar-refractivity contribution in [1.82, 2.24) is 4.98 Å². The first-order valence-corrected chi connectivity index (χ1v) is 13.1. The lowest BCUT2D eigenvalue weighted by Gasteiger charge is -2.62. The normalized spacial score (nSPS) is 44.8. The quantitative estimate of drug-likeness (QED) is 0.636. The number of pyridine rings is 1. The molecule has 4 aliphatic carbocycles. The third-order valence-corrected chi connectivity index (χ3v) is 10.3. The third kappa shape index (κ3) is 2.91. The summed E-state index contributed by atoms with van der Waals surface area (Å²) in [4.78, 5) is 30.1. The number of aliphatic hydroxyl groups is 1. The zero-order chi connectivity index (χ0) is 27.1. The standard InChI is InChI=1S/C29H31FN2O6/c1-26-9-6-17(33)12-16(26)4-5-19-20-13-24-29(22(34)7-10-31,27(20,2)14-23(35)28(19,26)30)38-25(37-24)18-15-32-11-8-21(18)36-3/h6,8-9,11-12,15,19-20,23-25,35H,4-5,7,13-14H2,1-3H3/t19-,20-,23-,24+,25?,26-,27-,28-,29+/m0/s1. The highest BCUT2D eigenvalue weighted by atomic mass is 19.1. The van der Waals surface area contributed by atoms with Gasteiger partial charge in [-0.3, -0.25) is 14.6 Å². The van der Waals surface area contributed by atoms with Crippen molar-refractivity contribution in [3.05, 3.63) is 47.8 Å². The van der Waals surface area contributed by atoms with E-state index in [1.165, 1.54) is 19.3 Å². The summed E-state index contributed by atoms with van der Waals surface area (Å²) in [6.07, 6.45) is 5.31. The predicted octanol–water partition coefficient (Wildman–Crippen LogP) is 3.71. The van der Waals surface area contributed by atoms with Crippen molar-refractivity contribution in [3.8, 4) is 11.8 Å². The average Bonchev–Trinajstić information content (AvgIpc) is 3.39. The second-order valence-electron chi connectivity index (χ2n) is 11.7. The fourth-order valence-electron chi connectivity index (χ4n) is 8.55. The summed E-state index contributed by atoms with van der Waals surface area (Å²) in [7, 11) is 1.51. The van der Waals surface area contributed by atoms with E-state index in [1.807, 2.05) is 13.0 Å². The Morgan fingerprint density at radius 3 is 2.89 bits per heavy atom. The van der Waals surface area contributed by atoms with Crippen molar-refractivity contribution in [3.63, 3.8) is 0 Å². The van der Waals surface area contributed by atoms with Gasteiger partial charge in [-0.25, -0.2) is 4.39 Å². The number of hydrogen-bond donors (Lipinski definition) is 1. The molecule has 6 rings (SSSR count). The number of halogens is 1. The maximum Gasteiger partial charge on any atom is 0.190 e. The third-order valence-electron chi connectivity index (χ3n) is 10.3. The Hall–Kier alpha value is -2.93. The summed E-state index contributed by atoms with van der Waals surface area (Å²) in [5, 5.41) is 21.1. The number of Topliss-reactive ketones (excluding diaryl/α,β-unsaturated/α-hetero) is 1. The molecule has 1 aromatic heterocycles. The van der Waals surface area contributed by atoms with E-state index in [-0.39, 0.29) is 18.1 Å². The highest BCUT2D eigenvalue weighted by molar-refractivity contribution is 6.01. The van der Waals surface area contributed by atoms with Gasteiger partial charge in [0.15, 0.2) is 29.1 Å². The van der Waals surface area contributed by atoms with Crippen LogP contribution in [-0.2, 0) is 19.1 Å². The van der Waals surface area contributed by atoms with Crippen molar-refractivity contribution in [2.24, 2.45) is 22.7 Å². The molecule has 38 heavy (non-hydrogen) atoms. The first-order valence-electron chi connectivity index (χ1n) is 13.1. The van der Waals surface area contributed by atoms with E-state index < -0.39 is 58.7 Å². The lowest BCUT2D eigenvalue weighted by atomic mass is 9.44. The van der Waals surface area contributed by atoms with Crippen LogP contribution in [0, 0.1) is 34.0 Å². The molecule has 1 aliphatic heterocycles. The Morgan fingerprint density at radius 2 is 2.16 bits per heavy atom. The van der Waals surface area contributed by atoms with Crippen LogP contribution in [0.15, 0.2) is 42.3 Å². The van der Waals surface area contributed by atoms with Crippen LogP contribution in [0.3, 0.4) is 0 Å². The number of nitriles is 1. The smallest absolute Gasteiger partial charge is 0.190 e. The molecule has 1 saturated heterocycles. The Kier molecular flexibility index (Phi) is 5.53. The molecule has 9 heteroatoms. The number of carbonyl (C=O) groups is 2. The number of ketones is 2. The van der Waals surface area contributed by atoms with Gasteiger partial charge in [-0.1, -0.05) is 18.6 Å². The van der Waals surface area contributed by atoms with Crippen LogP contribution in [0.5, 0.6) is 5.75 Å². The fourth-order valence-corrected chi connectivity index (χ4v) is 8.55. The molecule has 0 amide bonds. The van der Waals surface area contributed by atoms with Crippen LogP contribution in [0.2, 0.25) is 0 Å². The van der Waals surface area contributed by atoms with Gasteiger partial charge in [-0.15, -0.1) is 0 Å². The summed E-state index contributed by atoms with van der Waals surface area (Å²) in [6, 6.07) is 3.63. The molecule has 0 bridgehead atoms. The lowest BCUT2D eigenvalue weighted by molar-refractivity contribution is -0.230. The molecule has 9 atom stereocenters. The summed E-state index contributed by atoms with van der Waals surface area (Å²) in [6.45, 7) is 3.62. The van der Waals surface area contributed by atoms with Gasteiger partial charge in [0.25, 0.3) is 0 Å². The number of allylic oxidation sites excluding steroid dienone is 4. The maximum atomic E-state index is 17.5. The van der Waals surface area contributed by atoms with Gasteiger partial charge >= 0.3 is 0 Å². The molecule has 4 fully saturated rings. The van der Waals surface area contributed by atoms with Crippen molar-refractivity contribution < 1.29 is 33.3 Å². The van der Waals surface area contributed by atoms with Gasteiger partial charge in [0.2, 0.25) is 0 Å². The number of aromatic nitrogens is 1. The van der Waals surface area contributed by atoms with E-state index in [0.717, 1.165) is 0 Å². The number of nitrogens with zero attached hydrogens (tertiary/aromatic N) is 2. The van der Waals surface area contributed by atoms with Gasteiger partial charge in [0.1, 0.15) is 5.75 Å². The number of fused-ring (bicyclic) bond motifs is 7.